The molecule has 0 bridgehead atoms. The first kappa shape index (κ1) is 13.0. The lowest BCUT2D eigenvalue weighted by Gasteiger charge is -2.08. The summed E-state index contributed by atoms with van der Waals surface area (Å²) in [6.45, 7) is -0.347. The Labute approximate surface area is 92.3 Å². The monoisotopic (exact) mass is 252 g/mol. The van der Waals surface area contributed by atoms with E-state index in [1.807, 2.05) is 0 Å². The summed E-state index contributed by atoms with van der Waals surface area (Å²) >= 11 is 0. The number of hydrogen-bond acceptors (Lipinski definition) is 6. The Morgan fingerprint density at radius 2 is 2.12 bits per heavy atom. The summed E-state index contributed by atoms with van der Waals surface area (Å²) in [5.41, 5.74) is 9.83. The molecule has 0 radical (unpaired) electrons. The Bertz CT molecular complexity index is 449. The molecule has 0 aliphatic carbocycles. The molecule has 94 valence electrons. The van der Waals surface area contributed by atoms with Gasteiger partial charge in [0.05, 0.1) is 5.56 Å². The average molecular weight is 252 g/mol. The Hall–Kier alpha value is -2.10. The molecular formula is C7H7F3N4O3. The minimum Gasteiger partial charge on any atom is -0.392 e. The number of nitrogens with zero attached hydrogens (tertiary/aromatic N) is 2. The third-order valence-corrected chi connectivity index (χ3v) is 1.68. The fraction of sp³-hybridized carbons (Fsp3) is 0.286. The summed E-state index contributed by atoms with van der Waals surface area (Å²) in [7, 11) is 0. The molecule has 0 amide bonds. The van der Waals surface area contributed by atoms with Crippen molar-refractivity contribution in [1.82, 2.24) is 4.98 Å². The van der Waals surface area contributed by atoms with Crippen molar-refractivity contribution in [2.45, 2.75) is 12.9 Å². The third kappa shape index (κ3) is 3.17. The maximum absolute atomic E-state index is 12.0. The van der Waals surface area contributed by atoms with Gasteiger partial charge in [-0.05, 0) is 11.0 Å². The highest BCUT2D eigenvalue weighted by molar-refractivity contribution is 5.57. The molecule has 0 saturated carbocycles. The van der Waals surface area contributed by atoms with E-state index >= 15 is 0 Å². The maximum Gasteiger partial charge on any atom is 0.575 e. The van der Waals surface area contributed by atoms with Crippen LogP contribution in [0, 0.1) is 10.1 Å². The van der Waals surface area contributed by atoms with Gasteiger partial charge in [-0.1, -0.05) is 0 Å². The maximum atomic E-state index is 12.0. The van der Waals surface area contributed by atoms with Crippen LogP contribution in [0.25, 0.3) is 0 Å². The number of pyridine rings is 1. The van der Waals surface area contributed by atoms with Gasteiger partial charge in [0, 0.05) is 11.5 Å². The molecule has 1 heterocycles. The highest BCUT2D eigenvalue weighted by atomic mass is 19.4. The van der Waals surface area contributed by atoms with Crippen LogP contribution >= 0.6 is 0 Å². The highest BCUT2D eigenvalue weighted by Crippen LogP contribution is 2.30. The van der Waals surface area contributed by atoms with Crippen molar-refractivity contribution >= 4 is 11.5 Å². The van der Waals surface area contributed by atoms with Gasteiger partial charge >= 0.3 is 18.1 Å². The summed E-state index contributed by atoms with van der Waals surface area (Å²) in [5, 5.41) is 10.4. The molecule has 1 aromatic rings. The summed E-state index contributed by atoms with van der Waals surface area (Å²) in [4.78, 5) is 12.5. The molecule has 10 heteroatoms. The number of alkyl halides is 3. The van der Waals surface area contributed by atoms with E-state index in [0.29, 0.717) is 0 Å². The molecule has 0 fully saturated rings. The van der Waals surface area contributed by atoms with Gasteiger partial charge in [-0.15, -0.1) is 13.2 Å². The molecule has 0 aliphatic heterocycles. The molecule has 0 saturated heterocycles. The molecule has 0 atom stereocenters. The molecule has 1 aromatic heterocycles. The first-order valence-electron chi connectivity index (χ1n) is 4.14. The van der Waals surface area contributed by atoms with Crippen molar-refractivity contribution in [3.63, 3.8) is 0 Å². The van der Waals surface area contributed by atoms with Crippen LogP contribution in [0.1, 0.15) is 5.56 Å². The quantitative estimate of drug-likeness (QED) is 0.610. The summed E-state index contributed by atoms with van der Waals surface area (Å²) < 4.78 is 39.5. The minimum atomic E-state index is -5.01. The first-order valence-corrected chi connectivity index (χ1v) is 4.14. The summed E-state index contributed by atoms with van der Waals surface area (Å²) in [6.07, 6.45) is -5.01. The standard InChI is InChI=1S/C7H7F3N4O3/c8-7(9,10)17-6-3(2-11)1-4(12)5(13-6)14(15)16/h1H,2,11-12H2. The van der Waals surface area contributed by atoms with Gasteiger partial charge in [0.25, 0.3) is 0 Å². The van der Waals surface area contributed by atoms with Gasteiger partial charge in [-0.25, -0.2) is 0 Å². The number of rotatable bonds is 3. The van der Waals surface area contributed by atoms with Crippen LogP contribution in [0.2, 0.25) is 0 Å². The van der Waals surface area contributed by atoms with Crippen LogP contribution in [0.15, 0.2) is 6.07 Å². The van der Waals surface area contributed by atoms with Gasteiger partial charge in [0.1, 0.15) is 5.69 Å². The second-order valence-corrected chi connectivity index (χ2v) is 2.87. The number of nitro groups is 1. The van der Waals surface area contributed by atoms with Crippen molar-refractivity contribution < 1.29 is 22.8 Å². The normalized spacial score (nSPS) is 11.3. The smallest absolute Gasteiger partial charge is 0.392 e. The molecule has 17 heavy (non-hydrogen) atoms. The molecule has 1 rings (SSSR count). The second kappa shape index (κ2) is 4.41. The van der Waals surface area contributed by atoms with Crippen LogP contribution in [0.3, 0.4) is 0 Å². The Balaban J connectivity index is 3.26. The van der Waals surface area contributed by atoms with Crippen molar-refractivity contribution in [1.29, 1.82) is 0 Å². The third-order valence-electron chi connectivity index (χ3n) is 1.68. The number of hydrogen-bond donors (Lipinski definition) is 2. The number of ether oxygens (including phenoxy) is 1. The molecule has 0 aliphatic rings. The minimum absolute atomic E-state index is 0.176. The van der Waals surface area contributed by atoms with Crippen molar-refractivity contribution in [2.75, 3.05) is 5.73 Å². The number of halogens is 3. The fourth-order valence-electron chi connectivity index (χ4n) is 1.04. The van der Waals surface area contributed by atoms with Gasteiger partial charge in [-0.2, -0.15) is 0 Å². The van der Waals surface area contributed by atoms with E-state index in [1.54, 1.807) is 0 Å². The van der Waals surface area contributed by atoms with E-state index in [9.17, 15) is 23.3 Å². The Kier molecular flexibility index (Phi) is 3.36. The SMILES string of the molecule is NCc1cc(N)c([N+](=O)[O-])nc1OC(F)(F)F. The number of nitrogen functional groups attached to an aromatic ring is 1. The van der Waals surface area contributed by atoms with Gasteiger partial charge in [0.15, 0.2) is 0 Å². The van der Waals surface area contributed by atoms with Gasteiger partial charge in [0.2, 0.25) is 0 Å². The molecule has 4 N–H and O–H groups in total. The van der Waals surface area contributed by atoms with E-state index in [-0.39, 0.29) is 17.8 Å². The fourth-order valence-corrected chi connectivity index (χ4v) is 1.04. The van der Waals surface area contributed by atoms with Crippen molar-refractivity contribution in [2.24, 2.45) is 5.73 Å². The van der Waals surface area contributed by atoms with Crippen LogP contribution in [-0.4, -0.2) is 16.3 Å². The predicted molar refractivity (Wildman–Crippen MR) is 49.9 cm³/mol. The van der Waals surface area contributed by atoms with Gasteiger partial charge in [-0.3, -0.25) is 0 Å². The average Bonchev–Trinajstić information content (AvgIpc) is 2.17. The lowest BCUT2D eigenvalue weighted by Crippen LogP contribution is -2.20. The Morgan fingerprint density at radius 1 is 1.53 bits per heavy atom. The Morgan fingerprint density at radius 3 is 2.53 bits per heavy atom. The predicted octanol–water partition coefficient (Wildman–Crippen LogP) is 0.929. The summed E-state index contributed by atoms with van der Waals surface area (Å²) in [6, 6.07) is 0.923. The number of aromatic nitrogens is 1. The number of anilines is 1. The van der Waals surface area contributed by atoms with Crippen LogP contribution in [0.5, 0.6) is 5.88 Å². The molecule has 0 aromatic carbocycles. The van der Waals surface area contributed by atoms with Crippen molar-refractivity contribution in [3.05, 3.63) is 21.7 Å². The van der Waals surface area contributed by atoms with E-state index < -0.39 is 23.0 Å². The largest absolute Gasteiger partial charge is 0.575 e. The van der Waals surface area contributed by atoms with Crippen LogP contribution in [0.4, 0.5) is 24.7 Å². The van der Waals surface area contributed by atoms with Gasteiger partial charge < -0.3 is 26.3 Å². The van der Waals surface area contributed by atoms with Crippen LogP contribution < -0.4 is 16.2 Å². The van der Waals surface area contributed by atoms with E-state index in [1.165, 1.54) is 0 Å². The van der Waals surface area contributed by atoms with E-state index in [0.717, 1.165) is 6.07 Å². The summed E-state index contributed by atoms with van der Waals surface area (Å²) in [5.74, 6) is -1.89. The first-order chi connectivity index (χ1) is 7.74. The van der Waals surface area contributed by atoms with Crippen molar-refractivity contribution in [3.8, 4) is 5.88 Å². The second-order valence-electron chi connectivity index (χ2n) is 2.87. The zero-order chi connectivity index (χ0) is 13.2. The molecular weight excluding hydrogens is 245 g/mol. The number of nitrogens with two attached hydrogens (primary N) is 2. The van der Waals surface area contributed by atoms with Crippen LogP contribution in [-0.2, 0) is 6.54 Å². The highest BCUT2D eigenvalue weighted by Gasteiger charge is 2.36. The lowest BCUT2D eigenvalue weighted by atomic mass is 10.2. The zero-order valence-electron chi connectivity index (χ0n) is 8.19. The van der Waals surface area contributed by atoms with E-state index in [2.05, 4.69) is 9.72 Å². The van der Waals surface area contributed by atoms with E-state index in [4.69, 9.17) is 11.5 Å². The molecule has 0 spiro atoms. The molecule has 7 nitrogen and oxygen atoms in total. The lowest BCUT2D eigenvalue weighted by molar-refractivity contribution is -0.389. The zero-order valence-corrected chi connectivity index (χ0v) is 8.19. The topological polar surface area (TPSA) is 117 Å². The molecule has 0 unspecified atom stereocenters.